The molecule has 3 nitrogen and oxygen atoms in total. The van der Waals surface area contributed by atoms with Crippen LogP contribution in [0.2, 0.25) is 0 Å². The molecule has 1 saturated carbocycles. The SMILES string of the molecule is CCOC(=O)[C@@H]1CCC[C@@H]1N=Cc1ccccc1. The summed E-state index contributed by atoms with van der Waals surface area (Å²) in [6.07, 6.45) is 4.80. The zero-order chi connectivity index (χ0) is 12.8. The summed E-state index contributed by atoms with van der Waals surface area (Å²) in [7, 11) is 0. The van der Waals surface area contributed by atoms with Gasteiger partial charge in [0.2, 0.25) is 0 Å². The quantitative estimate of drug-likeness (QED) is 0.604. The van der Waals surface area contributed by atoms with Crippen LogP contribution in [0.1, 0.15) is 31.7 Å². The first kappa shape index (κ1) is 12.8. The average Bonchev–Trinajstić information content (AvgIpc) is 2.86. The summed E-state index contributed by atoms with van der Waals surface area (Å²) in [6.45, 7) is 2.29. The predicted molar refractivity (Wildman–Crippen MR) is 71.8 cm³/mol. The van der Waals surface area contributed by atoms with E-state index in [4.69, 9.17) is 4.74 Å². The highest BCUT2D eigenvalue weighted by atomic mass is 16.5. The normalized spacial score (nSPS) is 23.4. The molecule has 96 valence electrons. The van der Waals surface area contributed by atoms with Gasteiger partial charge in [-0.25, -0.2) is 0 Å². The number of aliphatic imine (C=N–C) groups is 1. The van der Waals surface area contributed by atoms with Crippen molar-refractivity contribution in [1.82, 2.24) is 0 Å². The van der Waals surface area contributed by atoms with E-state index in [1.807, 2.05) is 43.5 Å². The lowest BCUT2D eigenvalue weighted by atomic mass is 10.0. The Morgan fingerprint density at radius 2 is 2.17 bits per heavy atom. The molecule has 1 aliphatic carbocycles. The first-order valence-electron chi connectivity index (χ1n) is 6.56. The van der Waals surface area contributed by atoms with Gasteiger partial charge in [-0.1, -0.05) is 36.8 Å². The fraction of sp³-hybridized carbons (Fsp3) is 0.467. The molecule has 0 saturated heterocycles. The van der Waals surface area contributed by atoms with Crippen LogP contribution in [0, 0.1) is 5.92 Å². The Morgan fingerprint density at radius 1 is 1.39 bits per heavy atom. The van der Waals surface area contributed by atoms with E-state index in [-0.39, 0.29) is 17.9 Å². The van der Waals surface area contributed by atoms with Gasteiger partial charge in [0.15, 0.2) is 0 Å². The number of hydrogen-bond acceptors (Lipinski definition) is 3. The van der Waals surface area contributed by atoms with Gasteiger partial charge in [0.05, 0.1) is 18.6 Å². The molecule has 0 aliphatic heterocycles. The van der Waals surface area contributed by atoms with Crippen LogP contribution in [0.5, 0.6) is 0 Å². The molecule has 1 aliphatic rings. The van der Waals surface area contributed by atoms with Gasteiger partial charge in [-0.15, -0.1) is 0 Å². The summed E-state index contributed by atoms with van der Waals surface area (Å²) in [4.78, 5) is 16.3. The van der Waals surface area contributed by atoms with Crippen LogP contribution < -0.4 is 0 Å². The summed E-state index contributed by atoms with van der Waals surface area (Å²) in [5.41, 5.74) is 1.08. The standard InChI is InChI=1S/C15H19NO2/c1-2-18-15(17)13-9-6-10-14(13)16-11-12-7-4-3-5-8-12/h3-5,7-8,11,13-14H,2,6,9-10H2,1H3/t13-,14+/m1/s1. The Balaban J connectivity index is 2.00. The van der Waals surface area contributed by atoms with Crippen molar-refractivity contribution in [2.24, 2.45) is 10.9 Å². The second-order valence-electron chi connectivity index (χ2n) is 4.55. The summed E-state index contributed by atoms with van der Waals surface area (Å²) in [5.74, 6) is -0.143. The molecule has 0 spiro atoms. The highest BCUT2D eigenvalue weighted by Gasteiger charge is 2.33. The molecule has 0 aromatic heterocycles. The number of benzene rings is 1. The smallest absolute Gasteiger partial charge is 0.311 e. The van der Waals surface area contributed by atoms with Crippen LogP contribution in [-0.2, 0) is 9.53 Å². The van der Waals surface area contributed by atoms with Crippen LogP contribution in [0.15, 0.2) is 35.3 Å². The Bertz CT molecular complexity index is 414. The van der Waals surface area contributed by atoms with Gasteiger partial charge in [0, 0.05) is 6.21 Å². The van der Waals surface area contributed by atoms with Crippen molar-refractivity contribution in [2.75, 3.05) is 6.61 Å². The number of rotatable bonds is 4. The molecule has 0 bridgehead atoms. The molecular formula is C15H19NO2. The molecular weight excluding hydrogens is 226 g/mol. The molecule has 0 unspecified atom stereocenters. The average molecular weight is 245 g/mol. The fourth-order valence-corrected chi connectivity index (χ4v) is 2.36. The largest absolute Gasteiger partial charge is 0.466 e. The summed E-state index contributed by atoms with van der Waals surface area (Å²) in [6, 6.07) is 10.1. The van der Waals surface area contributed by atoms with Crippen molar-refractivity contribution < 1.29 is 9.53 Å². The minimum Gasteiger partial charge on any atom is -0.466 e. The van der Waals surface area contributed by atoms with Crippen molar-refractivity contribution in [2.45, 2.75) is 32.2 Å². The summed E-state index contributed by atoms with van der Waals surface area (Å²) < 4.78 is 5.10. The number of nitrogens with zero attached hydrogens (tertiary/aromatic N) is 1. The predicted octanol–water partition coefficient (Wildman–Crippen LogP) is 2.84. The maximum atomic E-state index is 11.8. The van der Waals surface area contributed by atoms with Gasteiger partial charge in [-0.2, -0.15) is 0 Å². The monoisotopic (exact) mass is 245 g/mol. The number of esters is 1. The van der Waals surface area contributed by atoms with E-state index < -0.39 is 0 Å². The molecule has 1 fully saturated rings. The number of carbonyl (C=O) groups excluding carboxylic acids is 1. The molecule has 0 radical (unpaired) electrons. The second-order valence-corrected chi connectivity index (χ2v) is 4.55. The first-order valence-corrected chi connectivity index (χ1v) is 6.56. The van der Waals surface area contributed by atoms with E-state index in [9.17, 15) is 4.79 Å². The Hall–Kier alpha value is -1.64. The minimum absolute atomic E-state index is 0.0510. The Morgan fingerprint density at radius 3 is 2.89 bits per heavy atom. The summed E-state index contributed by atoms with van der Waals surface area (Å²) >= 11 is 0. The topological polar surface area (TPSA) is 38.7 Å². The van der Waals surface area contributed by atoms with Gasteiger partial charge in [-0.05, 0) is 25.3 Å². The van der Waals surface area contributed by atoms with Gasteiger partial charge in [-0.3, -0.25) is 9.79 Å². The Kier molecular flexibility index (Phi) is 4.51. The van der Waals surface area contributed by atoms with Crippen molar-refractivity contribution in [3.05, 3.63) is 35.9 Å². The lowest BCUT2D eigenvalue weighted by Gasteiger charge is -2.13. The lowest BCUT2D eigenvalue weighted by Crippen LogP contribution is -2.24. The molecule has 2 atom stereocenters. The molecule has 0 heterocycles. The molecule has 0 N–H and O–H groups in total. The van der Waals surface area contributed by atoms with Crippen LogP contribution >= 0.6 is 0 Å². The maximum absolute atomic E-state index is 11.8. The molecule has 18 heavy (non-hydrogen) atoms. The third-order valence-electron chi connectivity index (χ3n) is 3.28. The van der Waals surface area contributed by atoms with Crippen molar-refractivity contribution >= 4 is 12.2 Å². The summed E-state index contributed by atoms with van der Waals surface area (Å²) in [5, 5.41) is 0. The lowest BCUT2D eigenvalue weighted by molar-refractivity contribution is -0.148. The molecule has 1 aromatic rings. The third kappa shape index (κ3) is 3.19. The number of hydrogen-bond donors (Lipinski definition) is 0. The Labute approximate surface area is 108 Å². The molecule has 0 amide bonds. The fourth-order valence-electron chi connectivity index (χ4n) is 2.36. The van der Waals surface area contributed by atoms with E-state index in [2.05, 4.69) is 4.99 Å². The van der Waals surface area contributed by atoms with E-state index >= 15 is 0 Å². The van der Waals surface area contributed by atoms with Gasteiger partial charge in [0.25, 0.3) is 0 Å². The van der Waals surface area contributed by atoms with Crippen LogP contribution in [0.4, 0.5) is 0 Å². The van der Waals surface area contributed by atoms with Gasteiger partial charge < -0.3 is 4.74 Å². The van der Waals surface area contributed by atoms with E-state index in [0.29, 0.717) is 6.61 Å². The first-order chi connectivity index (χ1) is 8.81. The van der Waals surface area contributed by atoms with Crippen LogP contribution in [0.25, 0.3) is 0 Å². The van der Waals surface area contributed by atoms with E-state index in [1.165, 1.54) is 0 Å². The van der Waals surface area contributed by atoms with Crippen LogP contribution in [-0.4, -0.2) is 24.8 Å². The highest BCUT2D eigenvalue weighted by Crippen LogP contribution is 2.29. The van der Waals surface area contributed by atoms with Crippen LogP contribution in [0.3, 0.4) is 0 Å². The number of carbonyl (C=O) groups is 1. The zero-order valence-corrected chi connectivity index (χ0v) is 10.7. The van der Waals surface area contributed by atoms with Crippen molar-refractivity contribution in [1.29, 1.82) is 0 Å². The zero-order valence-electron chi connectivity index (χ0n) is 10.7. The van der Waals surface area contributed by atoms with Crippen molar-refractivity contribution in [3.8, 4) is 0 Å². The minimum atomic E-state index is -0.0924. The van der Waals surface area contributed by atoms with Gasteiger partial charge in [0.1, 0.15) is 0 Å². The van der Waals surface area contributed by atoms with Crippen molar-refractivity contribution in [3.63, 3.8) is 0 Å². The molecule has 3 heteroatoms. The van der Waals surface area contributed by atoms with E-state index in [0.717, 1.165) is 24.8 Å². The van der Waals surface area contributed by atoms with E-state index in [1.54, 1.807) is 0 Å². The second kappa shape index (κ2) is 6.34. The highest BCUT2D eigenvalue weighted by molar-refractivity contribution is 5.80. The van der Waals surface area contributed by atoms with Gasteiger partial charge >= 0.3 is 5.97 Å². The molecule has 1 aromatic carbocycles. The third-order valence-corrected chi connectivity index (χ3v) is 3.28. The molecule has 2 rings (SSSR count). The number of ether oxygens (including phenoxy) is 1. The maximum Gasteiger partial charge on any atom is 0.311 e.